The summed E-state index contributed by atoms with van der Waals surface area (Å²) < 4.78 is 19.9. The second-order valence-corrected chi connectivity index (χ2v) is 6.27. The van der Waals surface area contributed by atoms with Crippen LogP contribution < -0.4 is 5.32 Å². The van der Waals surface area contributed by atoms with Crippen LogP contribution in [-0.4, -0.2) is 35.9 Å². The Labute approximate surface area is 157 Å². The van der Waals surface area contributed by atoms with E-state index in [0.717, 1.165) is 23.2 Å². The van der Waals surface area contributed by atoms with Crippen molar-refractivity contribution in [2.24, 2.45) is 0 Å². The van der Waals surface area contributed by atoms with Crippen molar-refractivity contribution in [3.8, 4) is 16.9 Å². The second-order valence-electron chi connectivity index (χ2n) is 6.27. The molecule has 0 aliphatic rings. The van der Waals surface area contributed by atoms with Gasteiger partial charge in [0.2, 0.25) is 0 Å². The first-order valence-corrected chi connectivity index (χ1v) is 8.78. The molecule has 0 atom stereocenters. The number of carbonyl (C=O) groups excluding carboxylic acids is 1. The zero-order chi connectivity index (χ0) is 19.2. The highest BCUT2D eigenvalue weighted by Gasteiger charge is 2.17. The van der Waals surface area contributed by atoms with Crippen molar-refractivity contribution < 1.29 is 13.9 Å². The minimum Gasteiger partial charge on any atom is -0.385 e. The third-order valence-electron chi connectivity index (χ3n) is 4.14. The van der Waals surface area contributed by atoms with Gasteiger partial charge in [0.25, 0.3) is 5.91 Å². The third-order valence-corrected chi connectivity index (χ3v) is 4.14. The van der Waals surface area contributed by atoms with Crippen molar-refractivity contribution in [3.05, 3.63) is 71.7 Å². The Balaban J connectivity index is 1.96. The standard InChI is InChI=1S/C21H22FN3O2/c1-15-5-3-6-18(13-15)25-20(21(26)23-11-4-12-27-2)14-19(24-25)16-7-9-17(22)10-8-16/h3,5-10,13-14H,4,11-12H2,1-2H3,(H,23,26). The summed E-state index contributed by atoms with van der Waals surface area (Å²) in [6.45, 7) is 3.08. The predicted molar refractivity (Wildman–Crippen MR) is 103 cm³/mol. The molecule has 0 saturated heterocycles. The number of rotatable bonds is 7. The lowest BCUT2D eigenvalue weighted by atomic mass is 10.1. The number of hydrogen-bond acceptors (Lipinski definition) is 3. The molecule has 0 unspecified atom stereocenters. The van der Waals surface area contributed by atoms with Gasteiger partial charge in [0.1, 0.15) is 11.5 Å². The summed E-state index contributed by atoms with van der Waals surface area (Å²) in [6.07, 6.45) is 0.728. The Bertz CT molecular complexity index is 919. The molecule has 1 N–H and O–H groups in total. The average molecular weight is 367 g/mol. The summed E-state index contributed by atoms with van der Waals surface area (Å²) in [5.74, 6) is -0.526. The largest absolute Gasteiger partial charge is 0.385 e. The van der Waals surface area contributed by atoms with E-state index in [2.05, 4.69) is 10.4 Å². The first kappa shape index (κ1) is 18.8. The van der Waals surface area contributed by atoms with Crippen molar-refractivity contribution in [1.82, 2.24) is 15.1 Å². The van der Waals surface area contributed by atoms with Crippen LogP contribution in [0.1, 0.15) is 22.5 Å². The fourth-order valence-corrected chi connectivity index (χ4v) is 2.77. The van der Waals surface area contributed by atoms with Crippen LogP contribution in [0.2, 0.25) is 0 Å². The molecular formula is C21H22FN3O2. The summed E-state index contributed by atoms with van der Waals surface area (Å²) in [6, 6.07) is 15.6. The van der Waals surface area contributed by atoms with Gasteiger partial charge in [-0.05, 0) is 61.4 Å². The minimum absolute atomic E-state index is 0.214. The van der Waals surface area contributed by atoms with Crippen LogP contribution in [0.5, 0.6) is 0 Å². The van der Waals surface area contributed by atoms with Gasteiger partial charge in [-0.15, -0.1) is 0 Å². The van der Waals surface area contributed by atoms with Crippen molar-refractivity contribution in [3.63, 3.8) is 0 Å². The number of aryl methyl sites for hydroxylation is 1. The molecule has 3 aromatic rings. The number of halogens is 1. The molecule has 0 saturated carbocycles. The maximum atomic E-state index is 13.2. The molecule has 140 valence electrons. The number of carbonyl (C=O) groups is 1. The number of amides is 1. The summed E-state index contributed by atoms with van der Waals surface area (Å²) in [5.41, 5.74) is 3.65. The molecule has 0 aliphatic heterocycles. The third kappa shape index (κ3) is 4.60. The quantitative estimate of drug-likeness (QED) is 0.647. The second kappa shape index (κ2) is 8.60. The van der Waals surface area contributed by atoms with Gasteiger partial charge < -0.3 is 10.1 Å². The molecule has 0 aliphatic carbocycles. The molecule has 6 heteroatoms. The smallest absolute Gasteiger partial charge is 0.270 e. The van der Waals surface area contributed by atoms with Gasteiger partial charge in [-0.25, -0.2) is 9.07 Å². The van der Waals surface area contributed by atoms with Gasteiger partial charge in [-0.1, -0.05) is 12.1 Å². The zero-order valence-electron chi connectivity index (χ0n) is 15.4. The summed E-state index contributed by atoms with van der Waals surface area (Å²) in [7, 11) is 1.63. The van der Waals surface area contributed by atoms with E-state index in [1.54, 1.807) is 30.0 Å². The van der Waals surface area contributed by atoms with Crippen LogP contribution in [0.3, 0.4) is 0 Å². The van der Waals surface area contributed by atoms with Crippen LogP contribution in [0.4, 0.5) is 4.39 Å². The predicted octanol–water partition coefficient (Wildman–Crippen LogP) is 3.75. The van der Waals surface area contributed by atoms with Gasteiger partial charge in [-0.2, -0.15) is 5.10 Å². The van der Waals surface area contributed by atoms with Crippen LogP contribution in [0.15, 0.2) is 54.6 Å². The Hall–Kier alpha value is -2.99. The van der Waals surface area contributed by atoms with E-state index >= 15 is 0 Å². The van der Waals surface area contributed by atoms with Gasteiger partial charge in [0.05, 0.1) is 11.4 Å². The summed E-state index contributed by atoms with van der Waals surface area (Å²) in [4.78, 5) is 12.7. The van der Waals surface area contributed by atoms with E-state index in [9.17, 15) is 9.18 Å². The lowest BCUT2D eigenvalue weighted by molar-refractivity contribution is 0.0941. The highest BCUT2D eigenvalue weighted by atomic mass is 19.1. The first-order valence-electron chi connectivity index (χ1n) is 8.78. The van der Waals surface area contributed by atoms with Gasteiger partial charge in [0, 0.05) is 25.8 Å². The minimum atomic E-state index is -0.312. The Morgan fingerprint density at radius 3 is 2.67 bits per heavy atom. The number of methoxy groups -OCH3 is 1. The van der Waals surface area contributed by atoms with Gasteiger partial charge in [-0.3, -0.25) is 4.79 Å². The van der Waals surface area contributed by atoms with E-state index in [-0.39, 0.29) is 11.7 Å². The topological polar surface area (TPSA) is 56.1 Å². The molecule has 0 spiro atoms. The SMILES string of the molecule is COCCCNC(=O)c1cc(-c2ccc(F)cc2)nn1-c1cccc(C)c1. The number of hydrogen-bond donors (Lipinski definition) is 1. The molecule has 1 amide bonds. The molecule has 27 heavy (non-hydrogen) atoms. The van der Waals surface area contributed by atoms with Gasteiger partial charge >= 0.3 is 0 Å². The molecule has 0 radical (unpaired) electrons. The van der Waals surface area contributed by atoms with E-state index < -0.39 is 0 Å². The highest BCUT2D eigenvalue weighted by Crippen LogP contribution is 2.22. The van der Waals surface area contributed by atoms with Gasteiger partial charge in [0.15, 0.2) is 0 Å². The fourth-order valence-electron chi connectivity index (χ4n) is 2.77. The van der Waals surface area contributed by atoms with Crippen molar-refractivity contribution in [2.45, 2.75) is 13.3 Å². The number of aromatic nitrogens is 2. The first-order chi connectivity index (χ1) is 13.1. The molecule has 0 fully saturated rings. The lowest BCUT2D eigenvalue weighted by Crippen LogP contribution is -2.27. The van der Waals surface area contributed by atoms with Crippen LogP contribution >= 0.6 is 0 Å². The molecule has 1 aromatic heterocycles. The molecule has 1 heterocycles. The Morgan fingerprint density at radius 1 is 1.19 bits per heavy atom. The van der Waals surface area contributed by atoms with Crippen LogP contribution in [0.25, 0.3) is 16.9 Å². The van der Waals surface area contributed by atoms with E-state index in [4.69, 9.17) is 4.74 Å². The summed E-state index contributed by atoms with van der Waals surface area (Å²) in [5, 5.41) is 7.49. The van der Waals surface area contributed by atoms with Crippen LogP contribution in [0, 0.1) is 12.7 Å². The molecule has 2 aromatic carbocycles. The Morgan fingerprint density at radius 2 is 1.96 bits per heavy atom. The average Bonchev–Trinajstić information content (AvgIpc) is 3.11. The molecular weight excluding hydrogens is 345 g/mol. The van der Waals surface area contributed by atoms with Crippen LogP contribution in [-0.2, 0) is 4.74 Å². The van der Waals surface area contributed by atoms with E-state index in [1.165, 1.54) is 12.1 Å². The van der Waals surface area contributed by atoms with E-state index in [0.29, 0.717) is 24.5 Å². The van der Waals surface area contributed by atoms with Crippen molar-refractivity contribution in [2.75, 3.05) is 20.3 Å². The number of nitrogens with zero attached hydrogens (tertiary/aromatic N) is 2. The van der Waals surface area contributed by atoms with Crippen molar-refractivity contribution >= 4 is 5.91 Å². The maximum absolute atomic E-state index is 13.2. The number of nitrogens with one attached hydrogen (secondary N) is 1. The maximum Gasteiger partial charge on any atom is 0.270 e. The molecule has 3 rings (SSSR count). The lowest BCUT2D eigenvalue weighted by Gasteiger charge is -2.09. The fraction of sp³-hybridized carbons (Fsp3) is 0.238. The molecule has 0 bridgehead atoms. The zero-order valence-corrected chi connectivity index (χ0v) is 15.4. The summed E-state index contributed by atoms with van der Waals surface area (Å²) >= 11 is 0. The number of benzene rings is 2. The van der Waals surface area contributed by atoms with E-state index in [1.807, 2.05) is 31.2 Å². The highest BCUT2D eigenvalue weighted by molar-refractivity contribution is 5.94. The monoisotopic (exact) mass is 367 g/mol. The normalized spacial score (nSPS) is 10.8. The Kier molecular flexibility index (Phi) is 5.98. The molecule has 5 nitrogen and oxygen atoms in total. The number of ether oxygens (including phenoxy) is 1. The van der Waals surface area contributed by atoms with Crippen molar-refractivity contribution in [1.29, 1.82) is 0 Å².